The molecule has 4 aliphatic heterocycles. The fourth-order valence-corrected chi connectivity index (χ4v) is 10.2. The quantitative estimate of drug-likeness (QED) is 0.344. The van der Waals surface area contributed by atoms with Crippen LogP contribution in [0.15, 0.2) is 42.0 Å². The number of sulfonamides is 1. The number of ether oxygens (including phenoxy) is 1. The van der Waals surface area contributed by atoms with Gasteiger partial charge in [0, 0.05) is 64.6 Å². The fraction of sp³-hybridized carbons (Fsp3) is 0.514. The van der Waals surface area contributed by atoms with E-state index in [1.165, 1.54) is 12.0 Å². The van der Waals surface area contributed by atoms with Crippen LogP contribution in [-0.2, 0) is 26.1 Å². The standard InChI is InChI=1S/C37H44N4O6S/c1-3-23(2)48(45,46)39-34(43)25-9-11-30-31(15-25)41-16-27(35(44)40-19-36-17-38-18-37(36,20-40)22-47-21-36)13-26-14-28(42)10-12-29(26)33(41)32(30)24-7-5-4-6-8-24/h9-15,23-24,38,42H,3-8,16-22H2,1-2H3,(H,39,43). The van der Waals surface area contributed by atoms with Gasteiger partial charge in [-0.15, -0.1) is 0 Å². The van der Waals surface area contributed by atoms with Gasteiger partial charge in [-0.05, 0) is 79.6 Å². The van der Waals surface area contributed by atoms with Gasteiger partial charge in [-0.2, -0.15) is 0 Å². The lowest BCUT2D eigenvalue weighted by Crippen LogP contribution is -2.38. The largest absolute Gasteiger partial charge is 0.508 e. The number of nitrogens with one attached hydrogen (secondary N) is 2. The number of benzene rings is 2. The van der Waals surface area contributed by atoms with E-state index in [0.29, 0.717) is 44.2 Å². The minimum atomic E-state index is -3.84. The summed E-state index contributed by atoms with van der Waals surface area (Å²) in [4.78, 5) is 30.0. The van der Waals surface area contributed by atoms with Gasteiger partial charge in [0.25, 0.3) is 11.8 Å². The van der Waals surface area contributed by atoms with Crippen LogP contribution < -0.4 is 10.0 Å². The van der Waals surface area contributed by atoms with Crippen LogP contribution in [0, 0.1) is 10.8 Å². The molecule has 4 fully saturated rings. The van der Waals surface area contributed by atoms with E-state index >= 15 is 0 Å². The van der Waals surface area contributed by atoms with Crippen LogP contribution in [0.2, 0.25) is 0 Å². The molecular weight excluding hydrogens is 628 g/mol. The highest BCUT2D eigenvalue weighted by atomic mass is 32.2. The molecule has 1 aliphatic carbocycles. The van der Waals surface area contributed by atoms with Crippen LogP contribution in [0.4, 0.5) is 0 Å². The number of nitrogens with zero attached hydrogens (tertiary/aromatic N) is 2. The molecule has 3 unspecified atom stereocenters. The number of fused-ring (bicyclic) bond motifs is 5. The van der Waals surface area contributed by atoms with Gasteiger partial charge in [0.05, 0.1) is 30.7 Å². The molecule has 254 valence electrons. The maximum atomic E-state index is 14.6. The summed E-state index contributed by atoms with van der Waals surface area (Å²) in [7, 11) is -3.84. The Balaban J connectivity index is 1.26. The third kappa shape index (κ3) is 4.83. The summed E-state index contributed by atoms with van der Waals surface area (Å²) >= 11 is 0. The molecule has 0 spiro atoms. The Morgan fingerprint density at radius 2 is 1.79 bits per heavy atom. The number of phenolic OH excluding ortho intramolecular Hbond substituents is 1. The van der Waals surface area contributed by atoms with Gasteiger partial charge in [0.15, 0.2) is 0 Å². The van der Waals surface area contributed by atoms with Crippen LogP contribution in [0.3, 0.4) is 0 Å². The van der Waals surface area contributed by atoms with Crippen LogP contribution in [0.1, 0.15) is 79.8 Å². The van der Waals surface area contributed by atoms with E-state index in [-0.39, 0.29) is 34.6 Å². The number of carbonyl (C=O) groups excluding carboxylic acids is 2. The number of likely N-dealkylation sites (tertiary alicyclic amines) is 1. The Morgan fingerprint density at radius 3 is 2.50 bits per heavy atom. The third-order valence-electron chi connectivity index (χ3n) is 12.0. The third-order valence-corrected chi connectivity index (χ3v) is 13.9. The van der Waals surface area contributed by atoms with Crippen molar-refractivity contribution in [2.45, 2.75) is 70.1 Å². The summed E-state index contributed by atoms with van der Waals surface area (Å²) in [6.45, 7) is 7.87. The maximum Gasteiger partial charge on any atom is 0.264 e. The van der Waals surface area contributed by atoms with Gasteiger partial charge >= 0.3 is 0 Å². The van der Waals surface area contributed by atoms with Crippen LogP contribution in [-0.4, -0.2) is 79.4 Å². The van der Waals surface area contributed by atoms with Crippen LogP contribution in [0.5, 0.6) is 5.75 Å². The average Bonchev–Trinajstić information content (AvgIpc) is 3.74. The topological polar surface area (TPSA) is 130 Å². The lowest BCUT2D eigenvalue weighted by atomic mass is 9.71. The van der Waals surface area contributed by atoms with Gasteiger partial charge < -0.3 is 24.6 Å². The second-order valence-corrected chi connectivity index (χ2v) is 17.0. The number of hydrogen-bond acceptors (Lipinski definition) is 7. The molecule has 5 aliphatic rings. The van der Waals surface area contributed by atoms with Crippen LogP contribution in [0.25, 0.3) is 28.2 Å². The van der Waals surface area contributed by atoms with Gasteiger partial charge in [-0.25, -0.2) is 13.1 Å². The van der Waals surface area contributed by atoms with Crippen molar-refractivity contribution in [3.8, 4) is 17.0 Å². The molecule has 8 rings (SSSR count). The molecule has 3 N–H and O–H groups in total. The molecule has 48 heavy (non-hydrogen) atoms. The van der Waals surface area contributed by atoms with Crippen molar-refractivity contribution in [3.63, 3.8) is 0 Å². The van der Waals surface area contributed by atoms with E-state index in [9.17, 15) is 23.1 Å². The molecule has 2 amide bonds. The first-order chi connectivity index (χ1) is 23.0. The molecule has 5 heterocycles. The zero-order chi connectivity index (χ0) is 33.4. The SMILES string of the molecule is CCC(C)S(=O)(=O)NC(=O)c1ccc2c(C3CCCCC3)c3n(c2c1)CC(C(=O)N1CC24CNCC2(COC4)C1)=Cc1cc(O)ccc1-3. The van der Waals surface area contributed by atoms with E-state index in [1.807, 2.05) is 23.1 Å². The Morgan fingerprint density at radius 1 is 1.06 bits per heavy atom. The summed E-state index contributed by atoms with van der Waals surface area (Å²) in [5.74, 6) is -0.262. The molecule has 11 heteroatoms. The minimum Gasteiger partial charge on any atom is -0.508 e. The Hall–Kier alpha value is -3.67. The van der Waals surface area contributed by atoms with Crippen molar-refractivity contribution in [2.24, 2.45) is 10.8 Å². The van der Waals surface area contributed by atoms with E-state index in [0.717, 1.165) is 66.5 Å². The molecule has 3 aromatic rings. The van der Waals surface area contributed by atoms with Gasteiger partial charge in [-0.3, -0.25) is 9.59 Å². The number of amides is 2. The van der Waals surface area contributed by atoms with Crippen molar-refractivity contribution in [1.82, 2.24) is 19.5 Å². The zero-order valence-electron chi connectivity index (χ0n) is 27.7. The van der Waals surface area contributed by atoms with Gasteiger partial charge in [-0.1, -0.05) is 32.3 Å². The van der Waals surface area contributed by atoms with Crippen molar-refractivity contribution in [2.75, 3.05) is 39.4 Å². The molecule has 1 aromatic heterocycles. The number of phenols is 1. The Bertz CT molecular complexity index is 1940. The normalized spacial score (nSPS) is 26.0. The summed E-state index contributed by atoms with van der Waals surface area (Å²) in [6.07, 6.45) is 7.87. The van der Waals surface area contributed by atoms with E-state index < -0.39 is 21.2 Å². The first kappa shape index (κ1) is 31.6. The van der Waals surface area contributed by atoms with Gasteiger partial charge in [0.2, 0.25) is 10.0 Å². The molecule has 2 aromatic carbocycles. The average molecular weight is 673 g/mol. The Kier molecular flexibility index (Phi) is 7.54. The highest BCUT2D eigenvalue weighted by molar-refractivity contribution is 7.90. The summed E-state index contributed by atoms with van der Waals surface area (Å²) < 4.78 is 36.1. The summed E-state index contributed by atoms with van der Waals surface area (Å²) in [6, 6.07) is 10.8. The van der Waals surface area contributed by atoms with Crippen molar-refractivity contribution >= 4 is 38.8 Å². The van der Waals surface area contributed by atoms with E-state index in [4.69, 9.17) is 4.74 Å². The molecule has 0 radical (unpaired) electrons. The highest BCUT2D eigenvalue weighted by Crippen LogP contribution is 2.54. The molecule has 3 atom stereocenters. The smallest absolute Gasteiger partial charge is 0.264 e. The van der Waals surface area contributed by atoms with Crippen molar-refractivity contribution in [3.05, 3.63) is 58.7 Å². The fourth-order valence-electron chi connectivity index (χ4n) is 9.14. The molecule has 10 nitrogen and oxygen atoms in total. The molecule has 1 saturated carbocycles. The lowest BCUT2D eigenvalue weighted by Gasteiger charge is -2.27. The lowest BCUT2D eigenvalue weighted by molar-refractivity contribution is -0.127. The number of aromatic hydroxyl groups is 1. The second kappa shape index (κ2) is 11.5. The maximum absolute atomic E-state index is 14.6. The number of rotatable bonds is 6. The number of hydrogen-bond donors (Lipinski definition) is 3. The second-order valence-electron chi connectivity index (χ2n) is 14.9. The van der Waals surface area contributed by atoms with Crippen molar-refractivity contribution in [1.29, 1.82) is 0 Å². The van der Waals surface area contributed by atoms with Gasteiger partial charge in [0.1, 0.15) is 5.75 Å². The predicted molar refractivity (Wildman–Crippen MR) is 184 cm³/mol. The first-order valence-electron chi connectivity index (χ1n) is 17.4. The van der Waals surface area contributed by atoms with Crippen molar-refractivity contribution < 1.29 is 27.9 Å². The monoisotopic (exact) mass is 672 g/mol. The predicted octanol–water partition coefficient (Wildman–Crippen LogP) is 4.77. The Labute approximate surface area is 281 Å². The highest BCUT2D eigenvalue weighted by Gasteiger charge is 2.64. The first-order valence-corrected chi connectivity index (χ1v) is 18.9. The minimum absolute atomic E-state index is 0.0261. The van der Waals surface area contributed by atoms with E-state index in [1.54, 1.807) is 38.1 Å². The summed E-state index contributed by atoms with van der Waals surface area (Å²) in [5.41, 5.74) is 5.42. The molecule has 3 saturated heterocycles. The molecular formula is C37H44N4O6S. The summed E-state index contributed by atoms with van der Waals surface area (Å²) in [5, 5.41) is 14.5. The number of aromatic nitrogens is 1. The van der Waals surface area contributed by atoms with E-state index in [2.05, 4.69) is 14.6 Å². The number of carbonyl (C=O) groups is 2. The zero-order valence-corrected chi connectivity index (χ0v) is 28.5. The van der Waals surface area contributed by atoms with Crippen LogP contribution >= 0.6 is 0 Å². The molecule has 0 bridgehead atoms.